The van der Waals surface area contributed by atoms with E-state index in [2.05, 4.69) is 5.32 Å². The summed E-state index contributed by atoms with van der Waals surface area (Å²) in [6.07, 6.45) is 7.67. The van der Waals surface area contributed by atoms with Gasteiger partial charge in [0.15, 0.2) is 0 Å². The highest BCUT2D eigenvalue weighted by atomic mass is 16.5. The standard InChI is InChI=1S/C23H28N2O4/c1-2-29-22(28)17-3-5-18(6-4-17)25-20(26)10-19(21(25)27)24-23-11-14-7-15(12-23)9-16(8-14)13-23/h3-6,14-16,19,24H,2,7-13H2,1H3/t14?,15?,16?,19-,23?/m0/s1. The highest BCUT2D eigenvalue weighted by Crippen LogP contribution is 2.55. The van der Waals surface area contributed by atoms with Gasteiger partial charge in [0, 0.05) is 5.54 Å². The molecule has 1 aliphatic heterocycles. The SMILES string of the molecule is CCOC(=O)c1ccc(N2C(=O)C[C@H](NC34CC5CC(CC(C5)C3)C4)C2=O)cc1. The number of anilines is 1. The van der Waals surface area contributed by atoms with Crippen molar-refractivity contribution in [2.24, 2.45) is 17.8 Å². The van der Waals surface area contributed by atoms with E-state index in [1.807, 2.05) is 0 Å². The van der Waals surface area contributed by atoms with Crippen molar-refractivity contribution in [2.45, 2.75) is 63.5 Å². The number of nitrogens with zero attached hydrogens (tertiary/aromatic N) is 1. The van der Waals surface area contributed by atoms with Crippen molar-refractivity contribution < 1.29 is 19.1 Å². The van der Waals surface area contributed by atoms with Gasteiger partial charge in [0.05, 0.1) is 30.3 Å². The van der Waals surface area contributed by atoms with Gasteiger partial charge in [-0.3, -0.25) is 14.9 Å². The summed E-state index contributed by atoms with van der Waals surface area (Å²) in [5, 5.41) is 3.66. The van der Waals surface area contributed by atoms with Gasteiger partial charge in [-0.25, -0.2) is 9.69 Å². The molecule has 4 aliphatic carbocycles. The molecule has 6 heteroatoms. The highest BCUT2D eigenvalue weighted by molar-refractivity contribution is 6.22. The second-order valence-electron chi connectivity index (χ2n) is 9.43. The molecule has 1 atom stereocenters. The number of hydrogen-bond acceptors (Lipinski definition) is 5. The Balaban J connectivity index is 1.31. The van der Waals surface area contributed by atoms with Crippen LogP contribution in [0.25, 0.3) is 0 Å². The molecule has 1 saturated heterocycles. The van der Waals surface area contributed by atoms with Gasteiger partial charge in [-0.2, -0.15) is 0 Å². The topological polar surface area (TPSA) is 75.7 Å². The average Bonchev–Trinajstić information content (AvgIpc) is 2.93. The van der Waals surface area contributed by atoms with Gasteiger partial charge in [0.2, 0.25) is 5.91 Å². The number of imide groups is 1. The monoisotopic (exact) mass is 396 g/mol. The highest BCUT2D eigenvalue weighted by Gasteiger charge is 2.53. The number of carbonyl (C=O) groups excluding carboxylic acids is 3. The lowest BCUT2D eigenvalue weighted by atomic mass is 9.53. The van der Waals surface area contributed by atoms with Crippen LogP contribution in [0.2, 0.25) is 0 Å². The van der Waals surface area contributed by atoms with Crippen LogP contribution in [0.5, 0.6) is 0 Å². The molecular formula is C23H28N2O4. The lowest BCUT2D eigenvalue weighted by Gasteiger charge is -2.57. The van der Waals surface area contributed by atoms with Crippen LogP contribution in [-0.2, 0) is 14.3 Å². The van der Waals surface area contributed by atoms with Crippen molar-refractivity contribution in [3.05, 3.63) is 29.8 Å². The summed E-state index contributed by atoms with van der Waals surface area (Å²) < 4.78 is 4.99. The van der Waals surface area contributed by atoms with Gasteiger partial charge in [0.25, 0.3) is 5.91 Å². The Morgan fingerprint density at radius 3 is 2.21 bits per heavy atom. The van der Waals surface area contributed by atoms with E-state index in [0.717, 1.165) is 37.0 Å². The number of nitrogens with one attached hydrogen (secondary N) is 1. The second kappa shape index (κ2) is 6.94. The quantitative estimate of drug-likeness (QED) is 0.612. The van der Waals surface area contributed by atoms with Crippen LogP contribution in [0, 0.1) is 17.8 Å². The smallest absolute Gasteiger partial charge is 0.338 e. The van der Waals surface area contributed by atoms with E-state index < -0.39 is 12.0 Å². The minimum atomic E-state index is -0.441. The normalized spacial score (nSPS) is 35.4. The van der Waals surface area contributed by atoms with E-state index in [1.165, 1.54) is 24.2 Å². The molecule has 5 aliphatic rings. The first-order chi connectivity index (χ1) is 14.0. The minimum absolute atomic E-state index is 0.0408. The first-order valence-corrected chi connectivity index (χ1v) is 10.9. The molecule has 0 spiro atoms. The molecule has 1 aromatic carbocycles. The Morgan fingerprint density at radius 2 is 1.66 bits per heavy atom. The summed E-state index contributed by atoms with van der Waals surface area (Å²) in [4.78, 5) is 38.9. The summed E-state index contributed by atoms with van der Waals surface area (Å²) >= 11 is 0. The van der Waals surface area contributed by atoms with Crippen LogP contribution in [0.1, 0.15) is 62.2 Å². The Bertz CT molecular complexity index is 812. The number of esters is 1. The molecule has 0 radical (unpaired) electrons. The molecule has 6 nitrogen and oxygen atoms in total. The van der Waals surface area contributed by atoms with Crippen LogP contribution >= 0.6 is 0 Å². The van der Waals surface area contributed by atoms with Crippen molar-refractivity contribution >= 4 is 23.5 Å². The van der Waals surface area contributed by atoms with E-state index >= 15 is 0 Å². The maximum atomic E-state index is 13.1. The van der Waals surface area contributed by atoms with Crippen LogP contribution in [0.4, 0.5) is 5.69 Å². The predicted octanol–water partition coefficient (Wildman–Crippen LogP) is 3.05. The molecule has 4 saturated carbocycles. The van der Waals surface area contributed by atoms with Gasteiger partial charge in [0.1, 0.15) is 0 Å². The molecule has 5 fully saturated rings. The van der Waals surface area contributed by atoms with Gasteiger partial charge in [-0.05, 0) is 87.5 Å². The minimum Gasteiger partial charge on any atom is -0.462 e. The van der Waals surface area contributed by atoms with Crippen LogP contribution in [0.15, 0.2) is 24.3 Å². The number of amides is 2. The summed E-state index contributed by atoms with van der Waals surface area (Å²) in [7, 11) is 0. The van der Waals surface area contributed by atoms with Gasteiger partial charge in [-0.1, -0.05) is 0 Å². The zero-order chi connectivity index (χ0) is 20.2. The molecule has 1 aromatic rings. The molecule has 1 heterocycles. The number of hydrogen-bond donors (Lipinski definition) is 1. The molecule has 6 rings (SSSR count). The first-order valence-electron chi connectivity index (χ1n) is 10.9. The summed E-state index contributed by atoms with van der Waals surface area (Å²) in [5.41, 5.74) is 0.972. The third kappa shape index (κ3) is 3.27. The van der Waals surface area contributed by atoms with E-state index in [1.54, 1.807) is 31.2 Å². The van der Waals surface area contributed by atoms with Gasteiger partial charge in [-0.15, -0.1) is 0 Å². The fraction of sp³-hybridized carbons (Fsp3) is 0.609. The van der Waals surface area contributed by atoms with Crippen molar-refractivity contribution in [2.75, 3.05) is 11.5 Å². The largest absolute Gasteiger partial charge is 0.462 e. The molecule has 0 unspecified atom stereocenters. The van der Waals surface area contributed by atoms with Crippen LogP contribution in [-0.4, -0.2) is 36.0 Å². The first kappa shape index (κ1) is 18.8. The zero-order valence-electron chi connectivity index (χ0n) is 16.9. The van der Waals surface area contributed by atoms with Crippen LogP contribution < -0.4 is 10.2 Å². The van der Waals surface area contributed by atoms with Crippen molar-refractivity contribution in [3.63, 3.8) is 0 Å². The molecule has 1 N–H and O–H groups in total. The Hall–Kier alpha value is -2.21. The zero-order valence-corrected chi connectivity index (χ0v) is 16.9. The Labute approximate surface area is 171 Å². The molecule has 29 heavy (non-hydrogen) atoms. The van der Waals surface area contributed by atoms with E-state index in [4.69, 9.17) is 4.74 Å². The lowest BCUT2D eigenvalue weighted by molar-refractivity contribution is -0.122. The summed E-state index contributed by atoms with van der Waals surface area (Å²) in [5.74, 6) is 1.60. The lowest BCUT2D eigenvalue weighted by Crippen LogP contribution is -2.61. The number of rotatable bonds is 5. The maximum absolute atomic E-state index is 13.1. The van der Waals surface area contributed by atoms with Crippen LogP contribution in [0.3, 0.4) is 0 Å². The molecule has 4 bridgehead atoms. The van der Waals surface area contributed by atoms with Gasteiger partial charge < -0.3 is 4.74 Å². The van der Waals surface area contributed by atoms with E-state index in [-0.39, 0.29) is 23.8 Å². The molecule has 2 amide bonds. The van der Waals surface area contributed by atoms with Crippen molar-refractivity contribution in [3.8, 4) is 0 Å². The van der Waals surface area contributed by atoms with Crippen molar-refractivity contribution in [1.29, 1.82) is 0 Å². The number of benzene rings is 1. The van der Waals surface area contributed by atoms with Gasteiger partial charge >= 0.3 is 5.97 Å². The van der Waals surface area contributed by atoms with E-state index in [9.17, 15) is 14.4 Å². The second-order valence-corrected chi connectivity index (χ2v) is 9.43. The number of ether oxygens (including phenoxy) is 1. The van der Waals surface area contributed by atoms with Crippen molar-refractivity contribution in [1.82, 2.24) is 5.32 Å². The summed E-state index contributed by atoms with van der Waals surface area (Å²) in [6, 6.07) is 6.06. The van der Waals surface area contributed by atoms with E-state index in [0.29, 0.717) is 17.9 Å². The average molecular weight is 396 g/mol. The molecular weight excluding hydrogens is 368 g/mol. The Morgan fingerprint density at radius 1 is 1.07 bits per heavy atom. The fourth-order valence-electron chi connectivity index (χ4n) is 6.63. The molecule has 154 valence electrons. The molecule has 0 aromatic heterocycles. The number of carbonyl (C=O) groups is 3. The third-order valence-electron chi connectivity index (χ3n) is 7.30. The predicted molar refractivity (Wildman–Crippen MR) is 107 cm³/mol. The third-order valence-corrected chi connectivity index (χ3v) is 7.30. The maximum Gasteiger partial charge on any atom is 0.338 e. The Kier molecular flexibility index (Phi) is 4.50. The summed E-state index contributed by atoms with van der Waals surface area (Å²) in [6.45, 7) is 2.06. The fourth-order valence-corrected chi connectivity index (χ4v) is 6.63.